The van der Waals surface area contributed by atoms with E-state index in [9.17, 15) is 4.79 Å². The lowest BCUT2D eigenvalue weighted by molar-refractivity contribution is -0.143. The fraction of sp³-hybridized carbons (Fsp3) is 0.778. The Balaban J connectivity index is 1.44. The van der Waals surface area contributed by atoms with Gasteiger partial charge in [0.25, 0.3) is 0 Å². The third-order valence-corrected chi connectivity index (χ3v) is 6.30. The summed E-state index contributed by atoms with van der Waals surface area (Å²) in [5.74, 6) is 0.602. The van der Waals surface area contributed by atoms with Crippen LogP contribution in [0.2, 0.25) is 0 Å². The highest BCUT2D eigenvalue weighted by atomic mass is 16.5. The van der Waals surface area contributed by atoms with Gasteiger partial charge in [0.2, 0.25) is 5.91 Å². The van der Waals surface area contributed by atoms with Crippen LogP contribution in [0.15, 0.2) is 12.3 Å². The van der Waals surface area contributed by atoms with E-state index in [0.717, 1.165) is 45.6 Å². The summed E-state index contributed by atoms with van der Waals surface area (Å²) in [5.41, 5.74) is 1.45. The summed E-state index contributed by atoms with van der Waals surface area (Å²) in [6.07, 6.45) is 6.48. The minimum Gasteiger partial charge on any atom is -0.378 e. The maximum absolute atomic E-state index is 13.1. The van der Waals surface area contributed by atoms with Crippen molar-refractivity contribution in [3.63, 3.8) is 0 Å². The molecule has 3 heterocycles. The van der Waals surface area contributed by atoms with Gasteiger partial charge < -0.3 is 9.64 Å². The summed E-state index contributed by atoms with van der Waals surface area (Å²) >= 11 is 0. The number of aryl methyl sites for hydroxylation is 1. The average Bonchev–Trinajstić information content (AvgIpc) is 3.31. The maximum Gasteiger partial charge on any atom is 0.226 e. The van der Waals surface area contributed by atoms with Crippen LogP contribution in [0.1, 0.15) is 31.4 Å². The van der Waals surface area contributed by atoms with Crippen LogP contribution in [0.3, 0.4) is 0 Å². The summed E-state index contributed by atoms with van der Waals surface area (Å²) in [6, 6.07) is 2.09. The zero-order chi connectivity index (χ0) is 16.6. The van der Waals surface area contributed by atoms with Crippen molar-refractivity contribution >= 4 is 5.91 Å². The first kappa shape index (κ1) is 16.1. The third-order valence-electron chi connectivity index (χ3n) is 6.30. The molecule has 0 aromatic carbocycles. The van der Waals surface area contributed by atoms with Gasteiger partial charge in [-0.1, -0.05) is 6.42 Å². The van der Waals surface area contributed by atoms with Crippen LogP contribution in [0.4, 0.5) is 0 Å². The van der Waals surface area contributed by atoms with E-state index >= 15 is 0 Å². The van der Waals surface area contributed by atoms with Gasteiger partial charge in [0.1, 0.15) is 0 Å². The Morgan fingerprint density at radius 2 is 2.17 bits per heavy atom. The summed E-state index contributed by atoms with van der Waals surface area (Å²) in [7, 11) is 2.00. The number of aromatic nitrogens is 2. The number of nitrogens with zero attached hydrogens (tertiary/aromatic N) is 4. The minimum atomic E-state index is 0.202. The topological polar surface area (TPSA) is 50.6 Å². The number of morpholine rings is 1. The molecule has 0 N–H and O–H groups in total. The number of carbonyl (C=O) groups excluding carboxylic acids is 1. The van der Waals surface area contributed by atoms with Gasteiger partial charge in [0.15, 0.2) is 0 Å². The number of carbonyl (C=O) groups is 1. The van der Waals surface area contributed by atoms with Crippen molar-refractivity contribution in [3.05, 3.63) is 18.0 Å². The summed E-state index contributed by atoms with van der Waals surface area (Å²) in [4.78, 5) is 17.6. The van der Waals surface area contributed by atoms with Crippen LogP contribution in [0.25, 0.3) is 0 Å². The van der Waals surface area contributed by atoms with E-state index in [0.29, 0.717) is 19.1 Å². The van der Waals surface area contributed by atoms with E-state index in [4.69, 9.17) is 4.74 Å². The SMILES string of the molecule is Cn1nccc1CN1CC[C@@]2(CCC[C@@H]2C(=O)N2CCOCC2)C1. The smallest absolute Gasteiger partial charge is 0.226 e. The summed E-state index contributed by atoms with van der Waals surface area (Å²) < 4.78 is 7.36. The van der Waals surface area contributed by atoms with Gasteiger partial charge >= 0.3 is 0 Å². The zero-order valence-corrected chi connectivity index (χ0v) is 14.6. The molecule has 24 heavy (non-hydrogen) atoms. The minimum absolute atomic E-state index is 0.202. The molecule has 1 saturated carbocycles. The van der Waals surface area contributed by atoms with Crippen LogP contribution >= 0.6 is 0 Å². The van der Waals surface area contributed by atoms with Crippen LogP contribution in [-0.4, -0.2) is 64.9 Å². The molecule has 2 atom stereocenters. The van der Waals surface area contributed by atoms with Crippen LogP contribution < -0.4 is 0 Å². The number of amides is 1. The molecule has 3 aliphatic rings. The van der Waals surface area contributed by atoms with Crippen molar-refractivity contribution in [2.45, 2.75) is 32.2 Å². The van der Waals surface area contributed by atoms with Gasteiger partial charge in [0, 0.05) is 45.3 Å². The first-order valence-electron chi connectivity index (χ1n) is 9.24. The van der Waals surface area contributed by atoms with Gasteiger partial charge in [-0.3, -0.25) is 14.4 Å². The Bertz CT molecular complexity index is 596. The lowest BCUT2D eigenvalue weighted by Gasteiger charge is -2.36. The molecule has 0 unspecified atom stereocenters. The monoisotopic (exact) mass is 332 g/mol. The fourth-order valence-corrected chi connectivity index (χ4v) is 4.92. The largest absolute Gasteiger partial charge is 0.378 e. The van der Waals surface area contributed by atoms with Crippen molar-refractivity contribution < 1.29 is 9.53 Å². The lowest BCUT2D eigenvalue weighted by atomic mass is 9.76. The van der Waals surface area contributed by atoms with Gasteiger partial charge in [-0.2, -0.15) is 5.10 Å². The highest BCUT2D eigenvalue weighted by Crippen LogP contribution is 2.50. The molecule has 2 saturated heterocycles. The van der Waals surface area contributed by atoms with Crippen molar-refractivity contribution in [2.24, 2.45) is 18.4 Å². The summed E-state index contributed by atoms with van der Waals surface area (Å²) in [6.45, 7) is 6.01. The number of rotatable bonds is 3. The molecule has 0 radical (unpaired) electrons. The van der Waals surface area contributed by atoms with E-state index < -0.39 is 0 Å². The van der Waals surface area contributed by atoms with Crippen LogP contribution in [-0.2, 0) is 23.1 Å². The van der Waals surface area contributed by atoms with E-state index in [1.165, 1.54) is 18.5 Å². The molecule has 6 heteroatoms. The molecule has 1 aromatic rings. The third kappa shape index (κ3) is 2.86. The predicted octanol–water partition coefficient (Wildman–Crippen LogP) is 1.27. The van der Waals surface area contributed by atoms with Gasteiger partial charge in [0.05, 0.1) is 18.9 Å². The molecule has 2 aliphatic heterocycles. The molecule has 1 spiro atoms. The Labute approximate surface area is 143 Å². The van der Waals surface area contributed by atoms with Crippen molar-refractivity contribution in [2.75, 3.05) is 39.4 Å². The van der Waals surface area contributed by atoms with Crippen LogP contribution in [0.5, 0.6) is 0 Å². The van der Waals surface area contributed by atoms with Crippen molar-refractivity contribution in [1.82, 2.24) is 19.6 Å². The molecule has 0 bridgehead atoms. The molecular weight excluding hydrogens is 304 g/mol. The molecule has 1 aromatic heterocycles. The molecular formula is C18H28N4O2. The Morgan fingerprint density at radius 1 is 1.33 bits per heavy atom. The van der Waals surface area contributed by atoms with Crippen molar-refractivity contribution in [1.29, 1.82) is 0 Å². The molecule has 1 amide bonds. The fourth-order valence-electron chi connectivity index (χ4n) is 4.92. The Kier molecular flexibility index (Phi) is 4.35. The van der Waals surface area contributed by atoms with Gasteiger partial charge in [-0.15, -0.1) is 0 Å². The normalized spacial score (nSPS) is 31.2. The van der Waals surface area contributed by atoms with Gasteiger partial charge in [-0.25, -0.2) is 0 Å². The number of hydrogen-bond acceptors (Lipinski definition) is 4. The van der Waals surface area contributed by atoms with E-state index in [-0.39, 0.29) is 11.3 Å². The first-order chi connectivity index (χ1) is 11.7. The average molecular weight is 332 g/mol. The molecule has 132 valence electrons. The molecule has 6 nitrogen and oxygen atoms in total. The number of ether oxygens (including phenoxy) is 1. The standard InChI is InChI=1S/C18H28N4O2/c1-20-15(4-7-19-20)13-21-8-6-18(14-21)5-2-3-16(18)17(23)22-9-11-24-12-10-22/h4,7,16H,2-3,5-6,8-14H2,1H3/t16-,18+/m1/s1. The Morgan fingerprint density at radius 3 is 2.92 bits per heavy atom. The second-order valence-corrected chi connectivity index (χ2v) is 7.65. The number of likely N-dealkylation sites (tertiary alicyclic amines) is 1. The number of hydrogen-bond donors (Lipinski definition) is 0. The first-order valence-corrected chi connectivity index (χ1v) is 9.24. The van der Waals surface area contributed by atoms with Gasteiger partial charge in [-0.05, 0) is 37.3 Å². The molecule has 4 rings (SSSR count). The second-order valence-electron chi connectivity index (χ2n) is 7.65. The second kappa shape index (κ2) is 6.48. The quantitative estimate of drug-likeness (QED) is 0.836. The zero-order valence-electron chi connectivity index (χ0n) is 14.6. The maximum atomic E-state index is 13.1. The van der Waals surface area contributed by atoms with E-state index in [1.54, 1.807) is 0 Å². The van der Waals surface area contributed by atoms with E-state index in [2.05, 4.69) is 16.1 Å². The molecule has 1 aliphatic carbocycles. The predicted molar refractivity (Wildman–Crippen MR) is 90.3 cm³/mol. The van der Waals surface area contributed by atoms with Crippen molar-refractivity contribution in [3.8, 4) is 0 Å². The lowest BCUT2D eigenvalue weighted by Crippen LogP contribution is -2.47. The Hall–Kier alpha value is -1.40. The molecule has 3 fully saturated rings. The highest BCUT2D eigenvalue weighted by molar-refractivity contribution is 5.80. The highest BCUT2D eigenvalue weighted by Gasteiger charge is 2.51. The van der Waals surface area contributed by atoms with E-state index in [1.807, 2.05) is 22.8 Å². The van der Waals surface area contributed by atoms with Crippen LogP contribution in [0, 0.1) is 11.3 Å². The summed E-state index contributed by atoms with van der Waals surface area (Å²) in [5, 5.41) is 4.27.